The number of anilines is 1. The molecular formula is C14H15N3OS2. The Bertz CT molecular complexity index is 599. The first-order valence-corrected chi connectivity index (χ1v) is 8.40. The largest absolute Gasteiger partial charge is 0.300 e. The fourth-order valence-electron chi connectivity index (χ4n) is 2.19. The lowest BCUT2D eigenvalue weighted by molar-refractivity contribution is -0.117. The summed E-state index contributed by atoms with van der Waals surface area (Å²) in [7, 11) is 0. The number of carbonyl (C=O) groups excluding carboxylic acids is 1. The molecule has 0 unspecified atom stereocenters. The highest BCUT2D eigenvalue weighted by atomic mass is 32.2. The van der Waals surface area contributed by atoms with Gasteiger partial charge in [0.2, 0.25) is 11.0 Å². The minimum Gasteiger partial charge on any atom is -0.300 e. The summed E-state index contributed by atoms with van der Waals surface area (Å²) in [5.41, 5.74) is 1.24. The Morgan fingerprint density at radius 3 is 2.95 bits per heavy atom. The lowest BCUT2D eigenvalue weighted by Gasteiger charge is -2.00. The molecule has 0 spiro atoms. The highest BCUT2D eigenvalue weighted by Crippen LogP contribution is 2.48. The van der Waals surface area contributed by atoms with Crippen molar-refractivity contribution in [3.05, 3.63) is 35.9 Å². The van der Waals surface area contributed by atoms with Gasteiger partial charge in [0.15, 0.2) is 4.34 Å². The zero-order valence-electron chi connectivity index (χ0n) is 11.1. The van der Waals surface area contributed by atoms with Gasteiger partial charge in [-0.3, -0.25) is 4.79 Å². The first-order chi connectivity index (χ1) is 9.78. The zero-order chi connectivity index (χ0) is 13.9. The fraction of sp³-hybridized carbons (Fsp3) is 0.357. The Labute approximate surface area is 126 Å². The predicted octanol–water partition coefficient (Wildman–Crippen LogP) is 3.39. The average molecular weight is 305 g/mol. The molecule has 0 radical (unpaired) electrons. The molecule has 2 aromatic rings. The summed E-state index contributed by atoms with van der Waals surface area (Å²) in [5, 5.41) is 11.5. The number of amides is 1. The van der Waals surface area contributed by atoms with E-state index in [1.54, 1.807) is 11.8 Å². The molecule has 1 aromatic carbocycles. The van der Waals surface area contributed by atoms with Gasteiger partial charge in [-0.05, 0) is 23.7 Å². The van der Waals surface area contributed by atoms with Crippen LogP contribution in [0.5, 0.6) is 0 Å². The minimum atomic E-state index is 0.0584. The van der Waals surface area contributed by atoms with Crippen molar-refractivity contribution in [2.24, 2.45) is 5.92 Å². The summed E-state index contributed by atoms with van der Waals surface area (Å²) in [6.07, 6.45) is 0.922. The Balaban J connectivity index is 1.58. The molecule has 2 atom stereocenters. The van der Waals surface area contributed by atoms with Gasteiger partial charge < -0.3 is 5.32 Å². The lowest BCUT2D eigenvalue weighted by atomic mass is 10.1. The van der Waals surface area contributed by atoms with E-state index in [-0.39, 0.29) is 11.8 Å². The average Bonchev–Trinajstić information content (AvgIpc) is 3.16. The predicted molar refractivity (Wildman–Crippen MR) is 82.2 cm³/mol. The molecule has 1 amide bonds. The molecule has 20 heavy (non-hydrogen) atoms. The van der Waals surface area contributed by atoms with E-state index in [1.807, 2.05) is 18.2 Å². The molecule has 0 aliphatic heterocycles. The zero-order valence-corrected chi connectivity index (χ0v) is 12.7. The molecule has 0 saturated heterocycles. The normalized spacial score (nSPS) is 20.6. The van der Waals surface area contributed by atoms with Crippen LogP contribution in [0.3, 0.4) is 0 Å². The molecule has 1 aromatic heterocycles. The van der Waals surface area contributed by atoms with E-state index in [1.165, 1.54) is 16.9 Å². The second kappa shape index (κ2) is 5.93. The minimum absolute atomic E-state index is 0.0584. The van der Waals surface area contributed by atoms with Crippen molar-refractivity contribution in [2.75, 3.05) is 11.1 Å². The molecule has 1 heterocycles. The lowest BCUT2D eigenvalue weighted by Crippen LogP contribution is -2.14. The van der Waals surface area contributed by atoms with Gasteiger partial charge in [-0.2, -0.15) is 0 Å². The van der Waals surface area contributed by atoms with E-state index in [4.69, 9.17) is 0 Å². The summed E-state index contributed by atoms with van der Waals surface area (Å²) >= 11 is 3.08. The Hall–Kier alpha value is -1.40. The maximum absolute atomic E-state index is 12.1. The molecular weight excluding hydrogens is 290 g/mol. The van der Waals surface area contributed by atoms with E-state index >= 15 is 0 Å². The summed E-state index contributed by atoms with van der Waals surface area (Å²) in [6.45, 7) is 2.07. The second-order valence-corrected chi connectivity index (χ2v) is 7.14. The van der Waals surface area contributed by atoms with Crippen molar-refractivity contribution in [3.8, 4) is 0 Å². The van der Waals surface area contributed by atoms with Crippen LogP contribution in [0.2, 0.25) is 0 Å². The number of nitrogens with zero attached hydrogens (tertiary/aromatic N) is 2. The van der Waals surface area contributed by atoms with E-state index in [0.717, 1.165) is 16.5 Å². The van der Waals surface area contributed by atoms with Crippen LogP contribution in [-0.4, -0.2) is 21.9 Å². The smallest absolute Gasteiger partial charge is 0.229 e. The molecule has 104 valence electrons. The van der Waals surface area contributed by atoms with Crippen molar-refractivity contribution in [3.63, 3.8) is 0 Å². The van der Waals surface area contributed by atoms with Crippen LogP contribution in [0.15, 0.2) is 34.7 Å². The van der Waals surface area contributed by atoms with E-state index in [0.29, 0.717) is 11.0 Å². The van der Waals surface area contributed by atoms with Crippen LogP contribution in [-0.2, 0) is 4.79 Å². The number of hydrogen-bond acceptors (Lipinski definition) is 5. The number of benzene rings is 1. The van der Waals surface area contributed by atoms with Crippen molar-refractivity contribution >= 4 is 34.1 Å². The maximum Gasteiger partial charge on any atom is 0.229 e. The molecule has 4 nitrogen and oxygen atoms in total. The molecule has 1 aliphatic carbocycles. The number of carbonyl (C=O) groups is 1. The Kier molecular flexibility index (Phi) is 4.03. The van der Waals surface area contributed by atoms with Gasteiger partial charge in [0.05, 0.1) is 0 Å². The van der Waals surface area contributed by atoms with Gasteiger partial charge >= 0.3 is 0 Å². The quantitative estimate of drug-likeness (QED) is 0.679. The highest BCUT2D eigenvalue weighted by Gasteiger charge is 2.44. The van der Waals surface area contributed by atoms with E-state index < -0.39 is 0 Å². The van der Waals surface area contributed by atoms with Gasteiger partial charge in [0.25, 0.3) is 0 Å². The summed E-state index contributed by atoms with van der Waals surface area (Å²) in [4.78, 5) is 12.1. The number of nitrogens with one attached hydrogen (secondary N) is 1. The van der Waals surface area contributed by atoms with Crippen molar-refractivity contribution in [2.45, 2.75) is 23.6 Å². The highest BCUT2D eigenvalue weighted by molar-refractivity contribution is 8.01. The molecule has 1 saturated carbocycles. The van der Waals surface area contributed by atoms with Crippen LogP contribution in [0, 0.1) is 5.92 Å². The second-order valence-electron chi connectivity index (χ2n) is 4.65. The van der Waals surface area contributed by atoms with Crippen LogP contribution in [0.1, 0.15) is 24.8 Å². The first-order valence-electron chi connectivity index (χ1n) is 6.60. The molecule has 1 fully saturated rings. The van der Waals surface area contributed by atoms with Gasteiger partial charge in [-0.15, -0.1) is 10.2 Å². The van der Waals surface area contributed by atoms with Crippen LogP contribution in [0.4, 0.5) is 5.13 Å². The number of rotatable bonds is 5. The van der Waals surface area contributed by atoms with Crippen molar-refractivity contribution in [1.82, 2.24) is 10.2 Å². The van der Waals surface area contributed by atoms with E-state index in [2.05, 4.69) is 34.6 Å². The first kappa shape index (κ1) is 13.6. The SMILES string of the molecule is CCSc1nnc(NC(=O)[C@H]2C[C@H]2c2ccccc2)s1. The fourth-order valence-corrected chi connectivity index (χ4v) is 3.85. The molecule has 3 rings (SSSR count). The van der Waals surface area contributed by atoms with Gasteiger partial charge in [-0.1, -0.05) is 60.4 Å². The van der Waals surface area contributed by atoms with Crippen LogP contribution >= 0.6 is 23.1 Å². The van der Waals surface area contributed by atoms with Crippen LogP contribution in [0.25, 0.3) is 0 Å². The standard InChI is InChI=1S/C14H15N3OS2/c1-2-19-14-17-16-13(20-14)15-12(18)11-8-10(11)9-6-4-3-5-7-9/h3-7,10-11H,2,8H2,1H3,(H,15,16,18)/t10-,11-/m0/s1. The van der Waals surface area contributed by atoms with Crippen molar-refractivity contribution < 1.29 is 4.79 Å². The van der Waals surface area contributed by atoms with Crippen molar-refractivity contribution in [1.29, 1.82) is 0 Å². The van der Waals surface area contributed by atoms with Gasteiger partial charge in [0, 0.05) is 5.92 Å². The molecule has 1 aliphatic rings. The number of aromatic nitrogens is 2. The summed E-state index contributed by atoms with van der Waals surface area (Å²) < 4.78 is 0.901. The van der Waals surface area contributed by atoms with Crippen LogP contribution < -0.4 is 5.32 Å². The third-order valence-corrected chi connectivity index (χ3v) is 5.11. The maximum atomic E-state index is 12.1. The third-order valence-electron chi connectivity index (χ3n) is 3.26. The number of hydrogen-bond donors (Lipinski definition) is 1. The molecule has 6 heteroatoms. The topological polar surface area (TPSA) is 54.9 Å². The Morgan fingerprint density at radius 2 is 2.20 bits per heavy atom. The monoisotopic (exact) mass is 305 g/mol. The summed E-state index contributed by atoms with van der Waals surface area (Å²) in [6, 6.07) is 10.2. The Morgan fingerprint density at radius 1 is 1.40 bits per heavy atom. The molecule has 1 N–H and O–H groups in total. The summed E-state index contributed by atoms with van der Waals surface area (Å²) in [5.74, 6) is 1.45. The van der Waals surface area contributed by atoms with Gasteiger partial charge in [0.1, 0.15) is 0 Å². The third kappa shape index (κ3) is 3.02. The number of thioether (sulfide) groups is 1. The van der Waals surface area contributed by atoms with E-state index in [9.17, 15) is 4.79 Å². The molecule has 0 bridgehead atoms. The van der Waals surface area contributed by atoms with Gasteiger partial charge in [-0.25, -0.2) is 0 Å².